The number of aromatic hydroxyl groups is 2. The number of ketones is 1. The summed E-state index contributed by atoms with van der Waals surface area (Å²) in [4.78, 5) is 12.4. The van der Waals surface area contributed by atoms with Crippen LogP contribution in [0, 0.1) is 0 Å². The number of carbonyl (C=O) groups is 1. The summed E-state index contributed by atoms with van der Waals surface area (Å²) in [5, 5.41) is 28.7. The van der Waals surface area contributed by atoms with Gasteiger partial charge in [-0.3, -0.25) is 4.79 Å². The normalized spacial score (nSPS) is 21.1. The number of benzene rings is 2. The maximum Gasteiger partial charge on any atom is 0.211 e. The Labute approximate surface area is 114 Å². The number of hydrogen-bond acceptors (Lipinski definition) is 5. The van der Waals surface area contributed by atoms with E-state index in [-0.39, 0.29) is 23.0 Å². The van der Waals surface area contributed by atoms with Crippen molar-refractivity contribution in [3.63, 3.8) is 0 Å². The summed E-state index contributed by atoms with van der Waals surface area (Å²) in [6.07, 6.45) is -1.33. The number of phenolic OH excluding ortho intramolecular Hbond substituents is 2. The van der Waals surface area contributed by atoms with E-state index in [2.05, 4.69) is 0 Å². The third-order valence-corrected chi connectivity index (χ3v) is 3.30. The van der Waals surface area contributed by atoms with Crippen LogP contribution in [0.4, 0.5) is 0 Å². The number of aliphatic hydroxyl groups is 1. The molecule has 0 aliphatic carbocycles. The van der Waals surface area contributed by atoms with Crippen molar-refractivity contribution in [3.05, 3.63) is 53.6 Å². The molecule has 0 bridgehead atoms. The Balaban J connectivity index is 2.04. The van der Waals surface area contributed by atoms with Crippen molar-refractivity contribution in [2.45, 2.75) is 12.2 Å². The van der Waals surface area contributed by atoms with Crippen molar-refractivity contribution < 1.29 is 24.9 Å². The average Bonchev–Trinajstić information content (AvgIpc) is 2.40. The van der Waals surface area contributed by atoms with Gasteiger partial charge in [0, 0.05) is 6.07 Å². The van der Waals surface area contributed by atoms with Crippen LogP contribution in [0.2, 0.25) is 0 Å². The number of hydrogen-bond donors (Lipinski definition) is 3. The molecule has 0 radical (unpaired) electrons. The first-order valence-corrected chi connectivity index (χ1v) is 6.07. The standard InChI is InChI=1S/C15H12O5/c16-9-3-1-8(2-4-9)13-14(18)11-6-5-10(17)7-12(11)20-15(13)19/h1-7,13,15-17,19H/t13-,15+/m1/s1. The highest BCUT2D eigenvalue weighted by Gasteiger charge is 2.37. The summed E-state index contributed by atoms with van der Waals surface area (Å²) >= 11 is 0. The molecular formula is C15H12O5. The van der Waals surface area contributed by atoms with Crippen molar-refractivity contribution in [1.82, 2.24) is 0 Å². The second-order valence-electron chi connectivity index (χ2n) is 4.62. The maximum atomic E-state index is 12.4. The molecular weight excluding hydrogens is 260 g/mol. The van der Waals surface area contributed by atoms with Crippen LogP contribution >= 0.6 is 0 Å². The van der Waals surface area contributed by atoms with Crippen molar-refractivity contribution in [2.24, 2.45) is 0 Å². The molecule has 0 fully saturated rings. The van der Waals surface area contributed by atoms with Crippen LogP contribution in [0.3, 0.4) is 0 Å². The molecule has 2 aromatic carbocycles. The van der Waals surface area contributed by atoms with Gasteiger partial charge in [0.25, 0.3) is 0 Å². The summed E-state index contributed by atoms with van der Waals surface area (Å²) in [5.41, 5.74) is 0.866. The summed E-state index contributed by atoms with van der Waals surface area (Å²) in [7, 11) is 0. The van der Waals surface area contributed by atoms with E-state index >= 15 is 0 Å². The summed E-state index contributed by atoms with van der Waals surface area (Å²) in [6.45, 7) is 0. The van der Waals surface area contributed by atoms with E-state index in [1.807, 2.05) is 0 Å². The number of aliphatic hydroxyl groups excluding tert-OH is 1. The van der Waals surface area contributed by atoms with Gasteiger partial charge in [0.15, 0.2) is 5.78 Å². The predicted molar refractivity (Wildman–Crippen MR) is 69.9 cm³/mol. The van der Waals surface area contributed by atoms with Gasteiger partial charge in [-0.15, -0.1) is 0 Å². The fourth-order valence-electron chi connectivity index (χ4n) is 2.30. The van der Waals surface area contributed by atoms with Gasteiger partial charge in [-0.05, 0) is 29.8 Å². The van der Waals surface area contributed by atoms with Gasteiger partial charge in [0.2, 0.25) is 6.29 Å². The maximum absolute atomic E-state index is 12.4. The van der Waals surface area contributed by atoms with Crippen LogP contribution in [0.25, 0.3) is 0 Å². The second kappa shape index (κ2) is 4.54. The lowest BCUT2D eigenvalue weighted by Gasteiger charge is -2.29. The van der Waals surface area contributed by atoms with Gasteiger partial charge < -0.3 is 20.1 Å². The van der Waals surface area contributed by atoms with E-state index in [1.54, 1.807) is 12.1 Å². The number of rotatable bonds is 1. The van der Waals surface area contributed by atoms with Crippen LogP contribution in [0.15, 0.2) is 42.5 Å². The smallest absolute Gasteiger partial charge is 0.211 e. The molecule has 20 heavy (non-hydrogen) atoms. The van der Waals surface area contributed by atoms with E-state index in [4.69, 9.17) is 4.74 Å². The van der Waals surface area contributed by atoms with Gasteiger partial charge in [0.1, 0.15) is 23.2 Å². The van der Waals surface area contributed by atoms with E-state index in [1.165, 1.54) is 30.3 Å². The van der Waals surface area contributed by atoms with Crippen LogP contribution in [0.5, 0.6) is 17.2 Å². The van der Waals surface area contributed by atoms with Crippen molar-refractivity contribution in [1.29, 1.82) is 0 Å². The molecule has 5 nitrogen and oxygen atoms in total. The van der Waals surface area contributed by atoms with Crippen LogP contribution < -0.4 is 4.74 Å². The van der Waals surface area contributed by atoms with Gasteiger partial charge in [-0.1, -0.05) is 12.1 Å². The highest BCUT2D eigenvalue weighted by Crippen LogP contribution is 2.37. The van der Waals surface area contributed by atoms with E-state index in [0.717, 1.165) is 0 Å². The zero-order valence-electron chi connectivity index (χ0n) is 10.4. The summed E-state index contributed by atoms with van der Waals surface area (Å²) in [6, 6.07) is 10.2. The Morgan fingerprint density at radius 1 is 0.950 bits per heavy atom. The first kappa shape index (κ1) is 12.5. The van der Waals surface area contributed by atoms with Gasteiger partial charge in [0.05, 0.1) is 5.56 Å². The van der Waals surface area contributed by atoms with Crippen molar-refractivity contribution in [3.8, 4) is 17.2 Å². The quantitative estimate of drug-likeness (QED) is 0.736. The third kappa shape index (κ3) is 1.98. The molecule has 1 aliphatic rings. The summed E-state index contributed by atoms with van der Waals surface area (Å²) < 4.78 is 5.29. The molecule has 0 amide bonds. The lowest BCUT2D eigenvalue weighted by Crippen LogP contribution is -2.35. The average molecular weight is 272 g/mol. The molecule has 0 spiro atoms. The van der Waals surface area contributed by atoms with E-state index in [9.17, 15) is 20.1 Å². The molecule has 0 saturated heterocycles. The Bertz CT molecular complexity index is 662. The van der Waals surface area contributed by atoms with Crippen molar-refractivity contribution in [2.75, 3.05) is 0 Å². The molecule has 3 N–H and O–H groups in total. The zero-order chi connectivity index (χ0) is 14.3. The number of ether oxygens (including phenoxy) is 1. The first-order valence-electron chi connectivity index (χ1n) is 6.07. The highest BCUT2D eigenvalue weighted by molar-refractivity contribution is 6.04. The molecule has 3 rings (SSSR count). The van der Waals surface area contributed by atoms with Crippen LogP contribution in [-0.2, 0) is 0 Å². The lowest BCUT2D eigenvalue weighted by molar-refractivity contribution is -0.0386. The van der Waals surface area contributed by atoms with Crippen LogP contribution in [0.1, 0.15) is 21.8 Å². The predicted octanol–water partition coefficient (Wildman–Crippen LogP) is 1.78. The monoisotopic (exact) mass is 272 g/mol. The largest absolute Gasteiger partial charge is 0.508 e. The molecule has 1 heterocycles. The van der Waals surface area contributed by atoms with Gasteiger partial charge in [-0.25, -0.2) is 0 Å². The molecule has 2 aromatic rings. The molecule has 0 unspecified atom stereocenters. The Morgan fingerprint density at radius 2 is 1.60 bits per heavy atom. The minimum absolute atomic E-state index is 0.0353. The van der Waals surface area contributed by atoms with E-state index < -0.39 is 12.2 Å². The number of fused-ring (bicyclic) bond motifs is 1. The highest BCUT2D eigenvalue weighted by atomic mass is 16.6. The number of Topliss-reactive ketones (excluding diaryl/α,β-unsaturated/α-hetero) is 1. The van der Waals surface area contributed by atoms with Crippen molar-refractivity contribution >= 4 is 5.78 Å². The molecule has 2 atom stereocenters. The molecule has 0 aromatic heterocycles. The fraction of sp³-hybridized carbons (Fsp3) is 0.133. The lowest BCUT2D eigenvalue weighted by atomic mass is 9.87. The molecule has 0 saturated carbocycles. The number of phenols is 2. The Morgan fingerprint density at radius 3 is 2.30 bits per heavy atom. The fourth-order valence-corrected chi connectivity index (χ4v) is 2.30. The topological polar surface area (TPSA) is 87.0 Å². The minimum atomic E-state index is -1.33. The molecule has 1 aliphatic heterocycles. The van der Waals surface area contributed by atoms with E-state index in [0.29, 0.717) is 11.1 Å². The SMILES string of the molecule is O=C1c2ccc(O)cc2O[C@H](O)[C@@H]1c1ccc(O)cc1. The van der Waals surface area contributed by atoms with Gasteiger partial charge in [-0.2, -0.15) is 0 Å². The molecule has 102 valence electrons. The van der Waals surface area contributed by atoms with Gasteiger partial charge >= 0.3 is 0 Å². The number of carbonyl (C=O) groups excluding carboxylic acids is 1. The Kier molecular flexibility index (Phi) is 2.84. The first-order chi connectivity index (χ1) is 9.56. The molecule has 5 heteroatoms. The third-order valence-electron chi connectivity index (χ3n) is 3.30. The van der Waals surface area contributed by atoms with Crippen LogP contribution in [-0.4, -0.2) is 27.4 Å². The summed E-state index contributed by atoms with van der Waals surface area (Å²) in [5.74, 6) is -0.931. The minimum Gasteiger partial charge on any atom is -0.508 e. The second-order valence-corrected chi connectivity index (χ2v) is 4.62. The zero-order valence-corrected chi connectivity index (χ0v) is 10.4. The Hall–Kier alpha value is -2.53.